The molecule has 2 aromatic heterocycles. The zero-order valence-corrected chi connectivity index (χ0v) is 10.7. The highest BCUT2D eigenvalue weighted by Gasteiger charge is 2.40. The second-order valence-corrected chi connectivity index (χ2v) is 4.45. The number of imidazole rings is 1. The normalized spacial score (nSPS) is 14.2. The van der Waals surface area contributed by atoms with Gasteiger partial charge in [0.1, 0.15) is 27.3 Å². The molecule has 0 aliphatic heterocycles. The minimum atomic E-state index is -4.37. The van der Waals surface area contributed by atoms with Gasteiger partial charge in [0.05, 0.1) is 0 Å². The summed E-state index contributed by atoms with van der Waals surface area (Å²) in [5.41, 5.74) is 5.89. The maximum atomic E-state index is 12.6. The van der Waals surface area contributed by atoms with Crippen LogP contribution in [0.3, 0.4) is 0 Å². The molecule has 0 aromatic carbocycles. The molecule has 0 spiro atoms. The molecule has 0 aliphatic carbocycles. The third kappa shape index (κ3) is 2.03. The van der Waals surface area contributed by atoms with Crippen LogP contribution in [-0.2, 0) is 0 Å². The first-order valence-corrected chi connectivity index (χ1v) is 5.61. The summed E-state index contributed by atoms with van der Waals surface area (Å²) in [6.45, 7) is 1.03. The Balaban J connectivity index is 2.68. The summed E-state index contributed by atoms with van der Waals surface area (Å²) in [6, 6.07) is 0. The van der Waals surface area contributed by atoms with Crippen molar-refractivity contribution < 1.29 is 13.2 Å². The summed E-state index contributed by atoms with van der Waals surface area (Å²) in [5, 5.41) is 3.76. The van der Waals surface area contributed by atoms with E-state index in [0.29, 0.717) is 9.22 Å². The monoisotopic (exact) mass is 357 g/mol. The Morgan fingerprint density at radius 2 is 2.12 bits per heavy atom. The van der Waals surface area contributed by atoms with Gasteiger partial charge in [-0.3, -0.25) is 0 Å². The second-order valence-electron chi connectivity index (χ2n) is 3.43. The third-order valence-electron chi connectivity index (χ3n) is 2.32. The summed E-state index contributed by atoms with van der Waals surface area (Å²) in [6.07, 6.45) is -3.27. The van der Waals surface area contributed by atoms with Crippen LogP contribution >= 0.6 is 22.6 Å². The molecule has 0 bridgehead atoms. The lowest BCUT2D eigenvalue weighted by atomic mass is 10.1. The Hall–Kier alpha value is -1.13. The van der Waals surface area contributed by atoms with E-state index in [4.69, 9.17) is 5.73 Å². The summed E-state index contributed by atoms with van der Waals surface area (Å²) in [7, 11) is 0. The van der Waals surface area contributed by atoms with E-state index < -0.39 is 12.1 Å². The Morgan fingerprint density at radius 3 is 2.71 bits per heavy atom. The Kier molecular flexibility index (Phi) is 2.87. The lowest BCUT2D eigenvalue weighted by Crippen LogP contribution is -2.20. The fourth-order valence-electron chi connectivity index (χ4n) is 1.36. The van der Waals surface area contributed by atoms with Gasteiger partial charge >= 0.3 is 6.18 Å². The first-order chi connectivity index (χ1) is 7.82. The first kappa shape index (κ1) is 12.3. The van der Waals surface area contributed by atoms with Crippen molar-refractivity contribution in [2.24, 2.45) is 0 Å². The molecule has 0 amide bonds. The Bertz CT molecular complexity index is 564. The smallest absolute Gasteiger partial charge is 0.382 e. The van der Waals surface area contributed by atoms with Crippen LogP contribution in [0, 0.1) is 3.70 Å². The van der Waals surface area contributed by atoms with Gasteiger partial charge in [0.2, 0.25) is 0 Å². The van der Waals surface area contributed by atoms with E-state index in [0.717, 1.165) is 17.8 Å². The predicted octanol–water partition coefficient (Wildman–Crippen LogP) is 1.98. The van der Waals surface area contributed by atoms with Crippen molar-refractivity contribution in [3.8, 4) is 0 Å². The molecule has 0 radical (unpaired) electrons. The number of alkyl halides is 3. The van der Waals surface area contributed by atoms with Crippen molar-refractivity contribution in [2.45, 2.75) is 19.0 Å². The number of halogens is 4. The molecule has 92 valence electrons. The number of nitrogens with two attached hydrogens (primary N) is 1. The van der Waals surface area contributed by atoms with Crippen molar-refractivity contribution in [2.75, 3.05) is 5.73 Å². The minimum Gasteiger partial charge on any atom is -0.382 e. The van der Waals surface area contributed by atoms with Gasteiger partial charge < -0.3 is 5.73 Å². The molecule has 5 nitrogen and oxygen atoms in total. The summed E-state index contributed by atoms with van der Waals surface area (Å²) in [5.74, 6) is -1.80. The van der Waals surface area contributed by atoms with Crippen molar-refractivity contribution in [1.82, 2.24) is 19.6 Å². The van der Waals surface area contributed by atoms with E-state index in [1.807, 2.05) is 0 Å². The zero-order chi connectivity index (χ0) is 12.8. The highest BCUT2D eigenvalue weighted by Crippen LogP contribution is 2.34. The van der Waals surface area contributed by atoms with E-state index in [9.17, 15) is 13.2 Å². The molecule has 2 heterocycles. The van der Waals surface area contributed by atoms with Crippen molar-refractivity contribution in [1.29, 1.82) is 0 Å². The molecule has 0 aliphatic rings. The standard InChI is InChI=1S/C8H7F3IN5/c1-3(8(9,10)11)7-16-5(12)4-6(13)14-2-15-17(4)7/h2-3H,1H3,(H2,13,14,15). The van der Waals surface area contributed by atoms with Gasteiger partial charge in [-0.05, 0) is 29.5 Å². The fraction of sp³-hybridized carbons (Fsp3) is 0.375. The molecule has 1 unspecified atom stereocenters. The molecule has 0 fully saturated rings. The molecule has 0 saturated heterocycles. The zero-order valence-electron chi connectivity index (χ0n) is 8.53. The molecular weight excluding hydrogens is 350 g/mol. The highest BCUT2D eigenvalue weighted by atomic mass is 127. The molecule has 2 aromatic rings. The van der Waals surface area contributed by atoms with Crippen LogP contribution in [0.5, 0.6) is 0 Å². The molecule has 9 heteroatoms. The van der Waals surface area contributed by atoms with E-state index in [1.165, 1.54) is 0 Å². The average Bonchev–Trinajstić information content (AvgIpc) is 2.55. The summed E-state index contributed by atoms with van der Waals surface area (Å²) < 4.78 is 39.4. The van der Waals surface area contributed by atoms with Crippen molar-refractivity contribution in [3.63, 3.8) is 0 Å². The summed E-state index contributed by atoms with van der Waals surface area (Å²) >= 11 is 1.81. The Labute approximate surface area is 107 Å². The predicted molar refractivity (Wildman–Crippen MR) is 62.4 cm³/mol. The maximum absolute atomic E-state index is 12.6. The lowest BCUT2D eigenvalue weighted by Gasteiger charge is -2.13. The topological polar surface area (TPSA) is 69.1 Å². The van der Waals surface area contributed by atoms with E-state index in [2.05, 4.69) is 15.1 Å². The maximum Gasteiger partial charge on any atom is 0.398 e. The molecular formula is C8H7F3IN5. The van der Waals surface area contributed by atoms with Crippen LogP contribution in [0.25, 0.3) is 5.52 Å². The number of nitrogen functional groups attached to an aromatic ring is 1. The largest absolute Gasteiger partial charge is 0.398 e. The second kappa shape index (κ2) is 3.96. The average molecular weight is 357 g/mol. The molecule has 0 saturated carbocycles. The van der Waals surface area contributed by atoms with E-state index >= 15 is 0 Å². The minimum absolute atomic E-state index is 0.109. The molecule has 2 N–H and O–H groups in total. The SMILES string of the molecule is CC(c1nc(I)c2c(N)ncnn12)C(F)(F)F. The van der Waals surface area contributed by atoms with Crippen LogP contribution in [0.1, 0.15) is 18.7 Å². The number of fused-ring (bicyclic) bond motifs is 1. The van der Waals surface area contributed by atoms with Gasteiger partial charge in [0.25, 0.3) is 0 Å². The van der Waals surface area contributed by atoms with Gasteiger partial charge in [-0.15, -0.1) is 0 Å². The van der Waals surface area contributed by atoms with Gasteiger partial charge in [-0.2, -0.15) is 18.3 Å². The number of aromatic nitrogens is 4. The lowest BCUT2D eigenvalue weighted by molar-refractivity contribution is -0.148. The van der Waals surface area contributed by atoms with Gasteiger partial charge in [0.15, 0.2) is 5.82 Å². The number of rotatable bonds is 1. The molecule has 2 rings (SSSR count). The van der Waals surface area contributed by atoms with Crippen LogP contribution in [0.2, 0.25) is 0 Å². The molecule has 17 heavy (non-hydrogen) atoms. The van der Waals surface area contributed by atoms with Crippen LogP contribution < -0.4 is 5.73 Å². The van der Waals surface area contributed by atoms with E-state index in [-0.39, 0.29) is 11.6 Å². The highest BCUT2D eigenvalue weighted by molar-refractivity contribution is 14.1. The quantitative estimate of drug-likeness (QED) is 0.793. The van der Waals surface area contributed by atoms with Crippen molar-refractivity contribution in [3.05, 3.63) is 15.9 Å². The number of anilines is 1. The number of hydrogen-bond donors (Lipinski definition) is 1. The summed E-state index contributed by atoms with van der Waals surface area (Å²) in [4.78, 5) is 7.59. The van der Waals surface area contributed by atoms with Crippen LogP contribution in [0.15, 0.2) is 6.33 Å². The third-order valence-corrected chi connectivity index (χ3v) is 3.07. The number of hydrogen-bond acceptors (Lipinski definition) is 4. The van der Waals surface area contributed by atoms with Gasteiger partial charge in [-0.1, -0.05) is 0 Å². The van der Waals surface area contributed by atoms with Gasteiger partial charge in [-0.25, -0.2) is 14.5 Å². The molecule has 1 atom stereocenters. The fourth-order valence-corrected chi connectivity index (χ4v) is 2.11. The van der Waals surface area contributed by atoms with Crippen molar-refractivity contribution >= 4 is 33.9 Å². The van der Waals surface area contributed by atoms with Crippen LogP contribution in [-0.4, -0.2) is 25.8 Å². The number of nitrogens with zero attached hydrogens (tertiary/aromatic N) is 4. The van der Waals surface area contributed by atoms with Gasteiger partial charge in [0, 0.05) is 0 Å². The first-order valence-electron chi connectivity index (χ1n) is 4.53. The Morgan fingerprint density at radius 1 is 1.47 bits per heavy atom. The van der Waals surface area contributed by atoms with Crippen LogP contribution in [0.4, 0.5) is 19.0 Å². The van der Waals surface area contributed by atoms with E-state index in [1.54, 1.807) is 22.6 Å².